The number of nitrogens with one attached hydrogen (secondary N) is 2. The van der Waals surface area contributed by atoms with Gasteiger partial charge in [0, 0.05) is 26.2 Å². The normalized spacial score (nSPS) is 16.6. The van der Waals surface area contributed by atoms with Gasteiger partial charge in [0.05, 0.1) is 12.8 Å². The zero-order valence-corrected chi connectivity index (χ0v) is 14.9. The molecule has 2 aromatic rings. The van der Waals surface area contributed by atoms with Crippen LogP contribution in [0.1, 0.15) is 25.1 Å². The lowest BCUT2D eigenvalue weighted by Gasteiger charge is -2.34. The Morgan fingerprint density at radius 1 is 1.36 bits per heavy atom. The average Bonchev–Trinajstić information content (AvgIpc) is 2.94. The van der Waals surface area contributed by atoms with Crippen molar-refractivity contribution < 1.29 is 12.7 Å². The number of hydrazine groups is 1. The Morgan fingerprint density at radius 3 is 2.76 bits per heavy atom. The van der Waals surface area contributed by atoms with E-state index >= 15 is 0 Å². The number of H-pyrrole nitrogens is 1. The molecule has 0 aliphatic carbocycles. The van der Waals surface area contributed by atoms with Crippen molar-refractivity contribution in [3.05, 3.63) is 22.2 Å². The Morgan fingerprint density at radius 2 is 2.08 bits per heavy atom. The molecule has 0 radical (unpaired) electrons. The summed E-state index contributed by atoms with van der Waals surface area (Å²) >= 11 is 0. The van der Waals surface area contributed by atoms with Gasteiger partial charge in [0.1, 0.15) is 0 Å². The molecule has 0 atom stereocenters. The predicted molar refractivity (Wildman–Crippen MR) is 90.1 cm³/mol. The zero-order chi connectivity index (χ0) is 18.0. The summed E-state index contributed by atoms with van der Waals surface area (Å²) in [5, 5.41) is 8.61. The zero-order valence-electron chi connectivity index (χ0n) is 14.1. The van der Waals surface area contributed by atoms with Crippen molar-refractivity contribution in [2.45, 2.75) is 25.8 Å². The van der Waals surface area contributed by atoms with Crippen LogP contribution in [0.15, 0.2) is 10.9 Å². The Kier molecular flexibility index (Phi) is 5.03. The van der Waals surface area contributed by atoms with Gasteiger partial charge in [-0.2, -0.15) is 17.9 Å². The van der Waals surface area contributed by atoms with Crippen LogP contribution in [0, 0.1) is 0 Å². The van der Waals surface area contributed by atoms with Gasteiger partial charge in [-0.3, -0.25) is 9.78 Å². The highest BCUT2D eigenvalue weighted by Crippen LogP contribution is 2.13. The van der Waals surface area contributed by atoms with Gasteiger partial charge in [-0.1, -0.05) is 6.42 Å². The first-order chi connectivity index (χ1) is 11.8. The average molecular weight is 371 g/mol. The Bertz CT molecular complexity index is 901. The molecule has 25 heavy (non-hydrogen) atoms. The van der Waals surface area contributed by atoms with Crippen molar-refractivity contribution in [2.75, 3.05) is 31.9 Å². The molecule has 0 bridgehead atoms. The summed E-state index contributed by atoms with van der Waals surface area (Å²) in [6.45, 7) is 2.46. The molecule has 0 unspecified atom stereocenters. The van der Waals surface area contributed by atoms with E-state index in [9.17, 15) is 13.2 Å². The van der Waals surface area contributed by atoms with Gasteiger partial charge >= 0.3 is 0 Å². The van der Waals surface area contributed by atoms with Crippen LogP contribution in [0.25, 0.3) is 5.78 Å². The summed E-state index contributed by atoms with van der Waals surface area (Å²) in [5.74, 6) is 0.773. The molecule has 3 heterocycles. The molecular formula is C13H21N7O4S. The number of hydrogen-bond acceptors (Lipinski definition) is 9. The highest BCUT2D eigenvalue weighted by molar-refractivity contribution is 7.86. The van der Waals surface area contributed by atoms with E-state index in [1.807, 2.05) is 12.1 Å². The number of aromatic nitrogens is 4. The van der Waals surface area contributed by atoms with Gasteiger partial charge in [0.15, 0.2) is 11.6 Å². The second-order valence-electron chi connectivity index (χ2n) is 6.00. The standard InChI is InChI=1S/C13H21N7O4S/c1-18(19-6-4-3-5-7-19)9-10-14-13-15-12(21)8-11(20(13)16-10)17-24-25(2,22)23/h8,17H,3-7,9H2,1-2H3,(H,14,15,16,21). The summed E-state index contributed by atoms with van der Waals surface area (Å²) in [6.07, 6.45) is 4.46. The summed E-state index contributed by atoms with van der Waals surface area (Å²) < 4.78 is 28.1. The first-order valence-corrected chi connectivity index (χ1v) is 9.73. The Labute approximate surface area is 144 Å². The maximum Gasteiger partial charge on any atom is 0.285 e. The molecule has 2 aromatic heterocycles. The van der Waals surface area contributed by atoms with Crippen molar-refractivity contribution in [2.24, 2.45) is 0 Å². The minimum atomic E-state index is -3.73. The number of piperidine rings is 1. The predicted octanol–water partition coefficient (Wildman–Crippen LogP) is -0.447. The van der Waals surface area contributed by atoms with Crippen LogP contribution in [0.2, 0.25) is 0 Å². The molecule has 1 aliphatic rings. The van der Waals surface area contributed by atoms with E-state index in [2.05, 4.69) is 29.8 Å². The van der Waals surface area contributed by atoms with Gasteiger partial charge < -0.3 is 0 Å². The lowest BCUT2D eigenvalue weighted by molar-refractivity contribution is -0.0251. The molecule has 3 rings (SSSR count). The first-order valence-electron chi connectivity index (χ1n) is 7.91. The molecular weight excluding hydrogens is 350 g/mol. The molecule has 1 aliphatic heterocycles. The number of aromatic amines is 1. The monoisotopic (exact) mass is 371 g/mol. The minimum Gasteiger partial charge on any atom is -0.291 e. The van der Waals surface area contributed by atoms with E-state index in [4.69, 9.17) is 0 Å². The molecule has 138 valence electrons. The quantitative estimate of drug-likeness (QED) is 0.650. The first kappa shape index (κ1) is 17.8. The number of nitrogens with zero attached hydrogens (tertiary/aromatic N) is 5. The Balaban J connectivity index is 1.82. The van der Waals surface area contributed by atoms with Gasteiger partial charge in [-0.25, -0.2) is 15.5 Å². The fraction of sp³-hybridized carbons (Fsp3) is 0.615. The van der Waals surface area contributed by atoms with Gasteiger partial charge in [0.25, 0.3) is 15.7 Å². The SMILES string of the molecule is CN(Cc1nc2[nH]c(=O)cc(NOS(C)(=O)=O)n2n1)N1CCCCC1. The molecule has 0 spiro atoms. The van der Waals surface area contributed by atoms with Crippen LogP contribution in [-0.4, -0.2) is 64.4 Å². The van der Waals surface area contributed by atoms with Crippen molar-refractivity contribution in [3.63, 3.8) is 0 Å². The fourth-order valence-corrected chi connectivity index (χ4v) is 2.95. The topological polar surface area (TPSA) is 125 Å². The molecule has 11 nitrogen and oxygen atoms in total. The van der Waals surface area contributed by atoms with Crippen molar-refractivity contribution in [1.29, 1.82) is 0 Å². The van der Waals surface area contributed by atoms with Crippen LogP contribution in [0.4, 0.5) is 5.82 Å². The lowest BCUT2D eigenvalue weighted by atomic mass is 10.2. The van der Waals surface area contributed by atoms with Crippen LogP contribution in [-0.2, 0) is 20.9 Å². The smallest absolute Gasteiger partial charge is 0.285 e. The van der Waals surface area contributed by atoms with Crippen molar-refractivity contribution >= 4 is 21.7 Å². The lowest BCUT2D eigenvalue weighted by Crippen LogP contribution is -2.42. The highest BCUT2D eigenvalue weighted by atomic mass is 32.2. The second kappa shape index (κ2) is 7.07. The van der Waals surface area contributed by atoms with E-state index in [0.29, 0.717) is 12.4 Å². The van der Waals surface area contributed by atoms with Gasteiger partial charge in [0.2, 0.25) is 5.78 Å². The molecule has 1 saturated heterocycles. The molecule has 2 N–H and O–H groups in total. The maximum atomic E-state index is 11.7. The van der Waals surface area contributed by atoms with E-state index in [-0.39, 0.29) is 11.6 Å². The fourth-order valence-electron chi connectivity index (χ4n) is 2.72. The number of hydrogen-bond donors (Lipinski definition) is 2. The number of anilines is 1. The third-order valence-electron chi connectivity index (χ3n) is 3.87. The van der Waals surface area contributed by atoms with Crippen LogP contribution >= 0.6 is 0 Å². The Hall–Kier alpha value is -2.02. The van der Waals surface area contributed by atoms with E-state index in [0.717, 1.165) is 38.3 Å². The minimum absolute atomic E-state index is 0.0727. The summed E-state index contributed by atoms with van der Waals surface area (Å²) in [4.78, 5) is 18.6. The third-order valence-corrected chi connectivity index (χ3v) is 4.25. The molecule has 0 aromatic carbocycles. The summed E-state index contributed by atoms with van der Waals surface area (Å²) in [5.41, 5.74) is 1.78. The van der Waals surface area contributed by atoms with Crippen molar-refractivity contribution in [3.8, 4) is 0 Å². The molecule has 12 heteroatoms. The van der Waals surface area contributed by atoms with Crippen LogP contribution < -0.4 is 11.0 Å². The highest BCUT2D eigenvalue weighted by Gasteiger charge is 2.18. The third kappa shape index (κ3) is 4.54. The van der Waals surface area contributed by atoms with E-state index in [1.54, 1.807) is 0 Å². The number of rotatable bonds is 6. The largest absolute Gasteiger partial charge is 0.291 e. The maximum absolute atomic E-state index is 11.7. The molecule has 1 fully saturated rings. The van der Waals surface area contributed by atoms with E-state index in [1.165, 1.54) is 10.9 Å². The summed E-state index contributed by atoms with van der Waals surface area (Å²) in [6, 6.07) is 1.14. The summed E-state index contributed by atoms with van der Waals surface area (Å²) in [7, 11) is -1.77. The van der Waals surface area contributed by atoms with Gasteiger partial charge in [-0.15, -0.1) is 9.38 Å². The molecule has 0 saturated carbocycles. The molecule has 0 amide bonds. The second-order valence-corrected chi connectivity index (χ2v) is 7.58. The number of fused-ring (bicyclic) bond motifs is 1. The van der Waals surface area contributed by atoms with Crippen LogP contribution in [0.5, 0.6) is 0 Å². The van der Waals surface area contributed by atoms with Gasteiger partial charge in [-0.05, 0) is 12.8 Å². The van der Waals surface area contributed by atoms with Crippen LogP contribution in [0.3, 0.4) is 0 Å². The van der Waals surface area contributed by atoms with E-state index < -0.39 is 15.7 Å². The van der Waals surface area contributed by atoms with Crippen molar-refractivity contribution in [1.82, 2.24) is 29.6 Å².